The standard InChI is InChI=1S/C14H31NO/c1-7-15(10-13(6)16)14(8-11(2)3)9-12(4)5/h11-14,16H,7-10H2,1-6H3/t13-/m1/s1. The van der Waals surface area contributed by atoms with Crippen molar-refractivity contribution < 1.29 is 5.11 Å². The van der Waals surface area contributed by atoms with Crippen molar-refractivity contribution in [3.05, 3.63) is 0 Å². The minimum atomic E-state index is -0.221. The maximum Gasteiger partial charge on any atom is 0.0639 e. The Hall–Kier alpha value is -0.0800. The lowest BCUT2D eigenvalue weighted by Gasteiger charge is -2.34. The van der Waals surface area contributed by atoms with Crippen molar-refractivity contribution in [2.45, 2.75) is 66.5 Å². The van der Waals surface area contributed by atoms with E-state index in [1.165, 1.54) is 12.8 Å². The van der Waals surface area contributed by atoms with Gasteiger partial charge in [-0.05, 0) is 38.1 Å². The molecular formula is C14H31NO. The molecule has 0 spiro atoms. The molecule has 16 heavy (non-hydrogen) atoms. The zero-order valence-electron chi connectivity index (χ0n) is 12.0. The predicted octanol–water partition coefficient (Wildman–Crippen LogP) is 3.15. The molecule has 2 nitrogen and oxygen atoms in total. The predicted molar refractivity (Wildman–Crippen MR) is 71.6 cm³/mol. The molecule has 0 aliphatic heterocycles. The smallest absolute Gasteiger partial charge is 0.0639 e. The van der Waals surface area contributed by atoms with Gasteiger partial charge >= 0.3 is 0 Å². The Morgan fingerprint density at radius 2 is 1.38 bits per heavy atom. The summed E-state index contributed by atoms with van der Waals surface area (Å²) in [6.07, 6.45) is 2.25. The molecule has 0 bridgehead atoms. The molecule has 1 atom stereocenters. The second-order valence-corrected chi connectivity index (χ2v) is 5.85. The lowest BCUT2D eigenvalue weighted by molar-refractivity contribution is 0.0847. The minimum Gasteiger partial charge on any atom is -0.392 e. The summed E-state index contributed by atoms with van der Waals surface area (Å²) >= 11 is 0. The Balaban J connectivity index is 4.42. The summed E-state index contributed by atoms with van der Waals surface area (Å²) in [6.45, 7) is 15.0. The number of hydrogen-bond acceptors (Lipinski definition) is 2. The van der Waals surface area contributed by atoms with Gasteiger partial charge in [-0.1, -0.05) is 34.6 Å². The van der Waals surface area contributed by atoms with Crippen LogP contribution in [0.3, 0.4) is 0 Å². The summed E-state index contributed by atoms with van der Waals surface area (Å²) < 4.78 is 0. The van der Waals surface area contributed by atoms with Crippen LogP contribution in [-0.4, -0.2) is 35.2 Å². The molecule has 0 radical (unpaired) electrons. The van der Waals surface area contributed by atoms with E-state index in [0.29, 0.717) is 6.04 Å². The molecule has 0 fully saturated rings. The number of rotatable bonds is 8. The topological polar surface area (TPSA) is 23.5 Å². The van der Waals surface area contributed by atoms with E-state index in [1.54, 1.807) is 0 Å². The molecular weight excluding hydrogens is 198 g/mol. The van der Waals surface area contributed by atoms with Crippen LogP contribution in [0.5, 0.6) is 0 Å². The summed E-state index contributed by atoms with van der Waals surface area (Å²) in [5.41, 5.74) is 0. The number of aliphatic hydroxyl groups is 1. The lowest BCUT2D eigenvalue weighted by atomic mass is 9.94. The second-order valence-electron chi connectivity index (χ2n) is 5.85. The highest BCUT2D eigenvalue weighted by atomic mass is 16.3. The van der Waals surface area contributed by atoms with Crippen LogP contribution in [0, 0.1) is 11.8 Å². The number of aliphatic hydroxyl groups excluding tert-OH is 1. The Labute approximate surface area is 102 Å². The molecule has 0 heterocycles. The van der Waals surface area contributed by atoms with Gasteiger partial charge in [-0.2, -0.15) is 0 Å². The highest BCUT2D eigenvalue weighted by Crippen LogP contribution is 2.19. The van der Waals surface area contributed by atoms with E-state index < -0.39 is 0 Å². The summed E-state index contributed by atoms with van der Waals surface area (Å²) in [7, 11) is 0. The quantitative estimate of drug-likeness (QED) is 0.691. The highest BCUT2D eigenvalue weighted by molar-refractivity contribution is 4.75. The van der Waals surface area contributed by atoms with Gasteiger partial charge in [0.25, 0.3) is 0 Å². The first-order valence-electron chi connectivity index (χ1n) is 6.78. The molecule has 1 N–H and O–H groups in total. The van der Waals surface area contributed by atoms with Crippen molar-refractivity contribution in [3.63, 3.8) is 0 Å². The van der Waals surface area contributed by atoms with Crippen molar-refractivity contribution in [1.29, 1.82) is 0 Å². The van der Waals surface area contributed by atoms with Crippen LogP contribution in [0.1, 0.15) is 54.4 Å². The van der Waals surface area contributed by atoms with E-state index in [2.05, 4.69) is 39.5 Å². The second kappa shape index (κ2) is 8.08. The molecule has 0 aromatic heterocycles. The molecule has 2 heteroatoms. The first-order valence-corrected chi connectivity index (χ1v) is 6.78. The van der Waals surface area contributed by atoms with Gasteiger partial charge in [0.1, 0.15) is 0 Å². The SMILES string of the molecule is CCN(C[C@@H](C)O)C(CC(C)C)CC(C)C. The third kappa shape index (κ3) is 7.24. The Bertz CT molecular complexity index is 156. The molecule has 0 amide bonds. The van der Waals surface area contributed by atoms with Crippen molar-refractivity contribution in [2.75, 3.05) is 13.1 Å². The van der Waals surface area contributed by atoms with Gasteiger partial charge in [0.05, 0.1) is 6.10 Å². The van der Waals surface area contributed by atoms with Crippen LogP contribution < -0.4 is 0 Å². The number of likely N-dealkylation sites (N-methyl/N-ethyl adjacent to an activating group) is 1. The van der Waals surface area contributed by atoms with Crippen LogP contribution in [0.2, 0.25) is 0 Å². The maximum atomic E-state index is 9.53. The Morgan fingerprint density at radius 1 is 0.938 bits per heavy atom. The average molecular weight is 229 g/mol. The molecule has 98 valence electrons. The van der Waals surface area contributed by atoms with E-state index >= 15 is 0 Å². The monoisotopic (exact) mass is 229 g/mol. The van der Waals surface area contributed by atoms with Crippen LogP contribution in [0.15, 0.2) is 0 Å². The molecule has 0 aromatic carbocycles. The highest BCUT2D eigenvalue weighted by Gasteiger charge is 2.20. The van der Waals surface area contributed by atoms with Crippen LogP contribution >= 0.6 is 0 Å². The lowest BCUT2D eigenvalue weighted by Crippen LogP contribution is -2.41. The zero-order chi connectivity index (χ0) is 12.7. The first-order chi connectivity index (χ1) is 7.36. The van der Waals surface area contributed by atoms with E-state index in [1.807, 2.05) is 6.92 Å². The largest absolute Gasteiger partial charge is 0.392 e. The first kappa shape index (κ1) is 15.9. The van der Waals surface area contributed by atoms with Gasteiger partial charge < -0.3 is 5.11 Å². The van der Waals surface area contributed by atoms with Gasteiger partial charge in [0, 0.05) is 12.6 Å². The molecule has 0 saturated heterocycles. The molecule has 0 rings (SSSR count). The summed E-state index contributed by atoms with van der Waals surface area (Å²) in [5.74, 6) is 1.46. The van der Waals surface area contributed by atoms with Gasteiger partial charge in [0.2, 0.25) is 0 Å². The molecule has 0 aliphatic rings. The van der Waals surface area contributed by atoms with E-state index in [9.17, 15) is 5.11 Å². The van der Waals surface area contributed by atoms with E-state index in [-0.39, 0.29) is 6.10 Å². The minimum absolute atomic E-state index is 0.221. The van der Waals surface area contributed by atoms with Gasteiger partial charge in [-0.15, -0.1) is 0 Å². The van der Waals surface area contributed by atoms with Gasteiger partial charge in [-0.3, -0.25) is 4.90 Å². The van der Waals surface area contributed by atoms with Crippen LogP contribution in [-0.2, 0) is 0 Å². The zero-order valence-corrected chi connectivity index (χ0v) is 12.0. The number of nitrogens with zero attached hydrogens (tertiary/aromatic N) is 1. The third-order valence-electron chi connectivity index (χ3n) is 2.91. The molecule has 0 aliphatic carbocycles. The fourth-order valence-corrected chi connectivity index (χ4v) is 2.36. The molecule has 0 aromatic rings. The maximum absolute atomic E-state index is 9.53. The third-order valence-corrected chi connectivity index (χ3v) is 2.91. The van der Waals surface area contributed by atoms with E-state index in [4.69, 9.17) is 0 Å². The Kier molecular flexibility index (Phi) is 8.04. The molecule has 0 saturated carbocycles. The Morgan fingerprint density at radius 3 is 1.62 bits per heavy atom. The average Bonchev–Trinajstić information content (AvgIpc) is 2.11. The summed E-state index contributed by atoms with van der Waals surface area (Å²) in [4.78, 5) is 2.44. The summed E-state index contributed by atoms with van der Waals surface area (Å²) in [6, 6.07) is 0.625. The number of hydrogen-bond donors (Lipinski definition) is 1. The van der Waals surface area contributed by atoms with Crippen LogP contribution in [0.4, 0.5) is 0 Å². The van der Waals surface area contributed by atoms with Crippen LogP contribution in [0.25, 0.3) is 0 Å². The van der Waals surface area contributed by atoms with E-state index in [0.717, 1.165) is 24.9 Å². The van der Waals surface area contributed by atoms with Crippen molar-refractivity contribution >= 4 is 0 Å². The molecule has 0 unspecified atom stereocenters. The van der Waals surface area contributed by atoms with Crippen molar-refractivity contribution in [3.8, 4) is 0 Å². The summed E-state index contributed by atoms with van der Waals surface area (Å²) in [5, 5.41) is 9.53. The fraction of sp³-hybridized carbons (Fsp3) is 1.00. The van der Waals surface area contributed by atoms with Gasteiger partial charge in [-0.25, -0.2) is 0 Å². The normalized spacial score (nSPS) is 14.4. The van der Waals surface area contributed by atoms with Crippen molar-refractivity contribution in [2.24, 2.45) is 11.8 Å². The van der Waals surface area contributed by atoms with Crippen molar-refractivity contribution in [1.82, 2.24) is 4.90 Å². The van der Waals surface area contributed by atoms with Gasteiger partial charge in [0.15, 0.2) is 0 Å². The fourth-order valence-electron chi connectivity index (χ4n) is 2.36.